The van der Waals surface area contributed by atoms with Crippen molar-refractivity contribution in [1.29, 1.82) is 0 Å². The molecule has 0 spiro atoms. The number of nitrogens with two attached hydrogens (primary N) is 2. The van der Waals surface area contributed by atoms with Gasteiger partial charge in [0.2, 0.25) is 11.9 Å². The monoisotopic (exact) mass is 411 g/mol. The van der Waals surface area contributed by atoms with Crippen LogP contribution in [-0.4, -0.2) is 17.6 Å². The summed E-state index contributed by atoms with van der Waals surface area (Å²) < 4.78 is 0. The first-order valence-electron chi connectivity index (χ1n) is 8.73. The van der Waals surface area contributed by atoms with Crippen molar-refractivity contribution in [3.63, 3.8) is 0 Å². The van der Waals surface area contributed by atoms with Crippen molar-refractivity contribution in [1.82, 2.24) is 0 Å². The molecule has 4 N–H and O–H groups in total. The molecule has 0 saturated heterocycles. The van der Waals surface area contributed by atoms with Crippen LogP contribution in [0.5, 0.6) is 0 Å². The Hall–Kier alpha value is -2.76. The molecule has 4 rings (SSSR count). The minimum absolute atomic E-state index is 0.184. The van der Waals surface area contributed by atoms with E-state index in [1.54, 1.807) is 6.07 Å². The number of halogens is 2. The van der Waals surface area contributed by atoms with Gasteiger partial charge < -0.3 is 11.5 Å². The molecule has 142 valence electrons. The van der Waals surface area contributed by atoms with Gasteiger partial charge in [0.15, 0.2) is 0 Å². The Balaban J connectivity index is 1.71. The lowest BCUT2D eigenvalue weighted by Gasteiger charge is -2.38. The third kappa shape index (κ3) is 3.28. The lowest BCUT2D eigenvalue weighted by molar-refractivity contribution is 0.534. The number of benzene rings is 3. The Morgan fingerprint density at radius 2 is 1.57 bits per heavy atom. The number of nitrogens with zero attached hydrogens (tertiary/aromatic N) is 3. The molecule has 1 heterocycles. The molecule has 3 aromatic rings. The van der Waals surface area contributed by atoms with E-state index < -0.39 is 5.66 Å². The number of rotatable bonds is 2. The second kappa shape index (κ2) is 6.69. The molecular weight excluding hydrogens is 393 g/mol. The van der Waals surface area contributed by atoms with Crippen LogP contribution in [0.2, 0.25) is 10.0 Å². The maximum atomic E-state index is 6.29. The zero-order valence-electron chi connectivity index (χ0n) is 15.4. The number of fused-ring (bicyclic) bond motifs is 1. The van der Waals surface area contributed by atoms with Gasteiger partial charge in [-0.1, -0.05) is 47.5 Å². The maximum absolute atomic E-state index is 6.29. The molecule has 0 aromatic heterocycles. The average Bonchev–Trinajstić information content (AvgIpc) is 2.60. The maximum Gasteiger partial charge on any atom is 0.220 e. The Morgan fingerprint density at radius 3 is 2.25 bits per heavy atom. The fourth-order valence-electron chi connectivity index (χ4n) is 3.52. The molecule has 0 unspecified atom stereocenters. The van der Waals surface area contributed by atoms with Crippen molar-refractivity contribution in [3.8, 4) is 11.1 Å². The SMILES string of the molecule is CC1(C)N=C(N)N=C(N)N1c1ccc(-c2ccc3c(Cl)cc(Cl)cc3c2)cc1. The van der Waals surface area contributed by atoms with E-state index in [1.165, 1.54) is 0 Å². The highest BCUT2D eigenvalue weighted by Gasteiger charge is 2.32. The van der Waals surface area contributed by atoms with Crippen LogP contribution in [0, 0.1) is 0 Å². The highest BCUT2D eigenvalue weighted by Crippen LogP contribution is 2.33. The van der Waals surface area contributed by atoms with Crippen LogP contribution >= 0.6 is 23.2 Å². The molecule has 3 aromatic carbocycles. The van der Waals surface area contributed by atoms with E-state index in [1.807, 2.05) is 61.2 Å². The molecule has 5 nitrogen and oxygen atoms in total. The summed E-state index contributed by atoms with van der Waals surface area (Å²) in [5.74, 6) is 0.504. The predicted octanol–water partition coefficient (Wildman–Crippen LogP) is 5.00. The summed E-state index contributed by atoms with van der Waals surface area (Å²) in [7, 11) is 0. The second-order valence-corrected chi connectivity index (χ2v) is 7.98. The van der Waals surface area contributed by atoms with E-state index in [0.717, 1.165) is 27.6 Å². The smallest absolute Gasteiger partial charge is 0.220 e. The molecule has 0 saturated carbocycles. The molecule has 7 heteroatoms. The molecule has 0 amide bonds. The van der Waals surface area contributed by atoms with Crippen molar-refractivity contribution >= 4 is 51.6 Å². The standard InChI is InChI=1S/C21H19Cl2N5/c1-21(2)27-19(24)26-20(25)28(21)16-6-3-12(4-7-16)13-5-8-17-14(9-13)10-15(22)11-18(17)23/h3-11H,1-2H3,(H4,24,25,26,27). The fraction of sp³-hybridized carbons (Fsp3) is 0.143. The number of hydrogen-bond acceptors (Lipinski definition) is 5. The Labute approximate surface area is 173 Å². The Morgan fingerprint density at radius 1 is 0.893 bits per heavy atom. The van der Waals surface area contributed by atoms with Crippen molar-refractivity contribution < 1.29 is 0 Å². The van der Waals surface area contributed by atoms with Crippen LogP contribution in [0.4, 0.5) is 5.69 Å². The minimum Gasteiger partial charge on any atom is -0.369 e. The molecule has 0 radical (unpaired) electrons. The first kappa shape index (κ1) is 18.6. The normalized spacial score (nSPS) is 16.1. The summed E-state index contributed by atoms with van der Waals surface area (Å²) in [6.07, 6.45) is 0. The van der Waals surface area contributed by atoms with Gasteiger partial charge in [-0.2, -0.15) is 4.99 Å². The molecule has 1 aliphatic heterocycles. The lowest BCUT2D eigenvalue weighted by atomic mass is 10.0. The number of hydrogen-bond donors (Lipinski definition) is 2. The highest BCUT2D eigenvalue weighted by atomic mass is 35.5. The van der Waals surface area contributed by atoms with Crippen LogP contribution in [0.25, 0.3) is 21.9 Å². The van der Waals surface area contributed by atoms with Gasteiger partial charge in [-0.25, -0.2) is 4.99 Å². The quantitative estimate of drug-likeness (QED) is 0.622. The van der Waals surface area contributed by atoms with Crippen molar-refractivity contribution in [3.05, 3.63) is 64.6 Å². The summed E-state index contributed by atoms with van der Waals surface area (Å²) >= 11 is 12.4. The second-order valence-electron chi connectivity index (χ2n) is 7.14. The van der Waals surface area contributed by atoms with E-state index in [0.29, 0.717) is 16.0 Å². The van der Waals surface area contributed by atoms with Crippen molar-refractivity contribution in [2.75, 3.05) is 4.90 Å². The van der Waals surface area contributed by atoms with Gasteiger partial charge in [0.1, 0.15) is 5.66 Å². The van der Waals surface area contributed by atoms with Gasteiger partial charge >= 0.3 is 0 Å². The van der Waals surface area contributed by atoms with Crippen LogP contribution in [0.3, 0.4) is 0 Å². The van der Waals surface area contributed by atoms with E-state index in [9.17, 15) is 0 Å². The van der Waals surface area contributed by atoms with E-state index in [4.69, 9.17) is 34.7 Å². The molecule has 0 aliphatic carbocycles. The topological polar surface area (TPSA) is 80.0 Å². The van der Waals surface area contributed by atoms with E-state index >= 15 is 0 Å². The zero-order valence-corrected chi connectivity index (χ0v) is 17.0. The average molecular weight is 412 g/mol. The minimum atomic E-state index is -0.617. The van der Waals surface area contributed by atoms with Crippen molar-refractivity contribution in [2.24, 2.45) is 21.5 Å². The summed E-state index contributed by atoms with van der Waals surface area (Å²) in [4.78, 5) is 10.3. The first-order chi connectivity index (χ1) is 13.2. The predicted molar refractivity (Wildman–Crippen MR) is 119 cm³/mol. The molecule has 0 atom stereocenters. The summed E-state index contributed by atoms with van der Waals surface area (Å²) in [6, 6.07) is 17.8. The van der Waals surface area contributed by atoms with Crippen LogP contribution in [0.15, 0.2) is 64.6 Å². The van der Waals surface area contributed by atoms with Gasteiger partial charge in [-0.15, -0.1) is 0 Å². The van der Waals surface area contributed by atoms with Gasteiger partial charge in [0.25, 0.3) is 0 Å². The third-order valence-electron chi connectivity index (χ3n) is 4.72. The van der Waals surface area contributed by atoms with Crippen molar-refractivity contribution in [2.45, 2.75) is 19.5 Å². The molecule has 1 aliphatic rings. The molecule has 28 heavy (non-hydrogen) atoms. The molecule has 0 bridgehead atoms. The number of aliphatic imine (C=N–C) groups is 2. The largest absolute Gasteiger partial charge is 0.369 e. The van der Waals surface area contributed by atoms with Crippen LogP contribution in [0.1, 0.15) is 13.8 Å². The Bertz CT molecular complexity index is 1130. The third-order valence-corrected chi connectivity index (χ3v) is 5.25. The summed E-state index contributed by atoms with van der Waals surface area (Å²) in [6.45, 7) is 3.87. The van der Waals surface area contributed by atoms with Gasteiger partial charge in [-0.3, -0.25) is 4.90 Å². The zero-order chi connectivity index (χ0) is 20.1. The summed E-state index contributed by atoms with van der Waals surface area (Å²) in [5.41, 5.74) is 14.3. The number of anilines is 1. The number of guanidine groups is 2. The van der Waals surface area contributed by atoms with E-state index in [-0.39, 0.29) is 5.96 Å². The van der Waals surface area contributed by atoms with Gasteiger partial charge in [0, 0.05) is 21.1 Å². The van der Waals surface area contributed by atoms with Crippen LogP contribution in [-0.2, 0) is 0 Å². The van der Waals surface area contributed by atoms with E-state index in [2.05, 4.69) is 16.1 Å². The fourth-order valence-corrected chi connectivity index (χ4v) is 4.09. The van der Waals surface area contributed by atoms with Gasteiger partial charge in [0.05, 0.1) is 0 Å². The Kier molecular flexibility index (Phi) is 4.44. The first-order valence-corrected chi connectivity index (χ1v) is 9.49. The summed E-state index contributed by atoms with van der Waals surface area (Å²) in [5, 5.41) is 3.23. The molecular formula is C21H19Cl2N5. The van der Waals surface area contributed by atoms with Gasteiger partial charge in [-0.05, 0) is 60.7 Å². The van der Waals surface area contributed by atoms with Crippen LogP contribution < -0.4 is 16.4 Å². The highest BCUT2D eigenvalue weighted by molar-refractivity contribution is 6.38. The molecule has 0 fully saturated rings. The lowest BCUT2D eigenvalue weighted by Crippen LogP contribution is -2.54.